The summed E-state index contributed by atoms with van der Waals surface area (Å²) in [5.74, 6) is 0. The van der Waals surface area contributed by atoms with Gasteiger partial charge in [0.2, 0.25) is 0 Å². The topological polar surface area (TPSA) is 37.7 Å². The fourth-order valence-corrected chi connectivity index (χ4v) is 40.8. The van der Waals surface area contributed by atoms with Crippen molar-refractivity contribution in [1.82, 2.24) is 11.7 Å². The van der Waals surface area contributed by atoms with Crippen LogP contribution >= 0.6 is 16.1 Å². The van der Waals surface area contributed by atoms with Gasteiger partial charge in [-0.05, 0) is 0 Å². The fourth-order valence-electron chi connectivity index (χ4n) is 5.41. The van der Waals surface area contributed by atoms with Crippen molar-refractivity contribution >= 4 is 93.7 Å². The van der Waals surface area contributed by atoms with Crippen LogP contribution in [0.5, 0.6) is 0 Å². The van der Waals surface area contributed by atoms with E-state index in [4.69, 9.17) is 6.58 Å². The number of benzene rings is 4. The van der Waals surface area contributed by atoms with Gasteiger partial charge in [0.25, 0.3) is 0 Å². The van der Waals surface area contributed by atoms with Crippen LogP contribution in [-0.2, 0) is 0 Å². The van der Waals surface area contributed by atoms with E-state index in [0.29, 0.717) is 0 Å². The molecule has 0 spiro atoms. The molecule has 4 aromatic carbocycles. The van der Waals surface area contributed by atoms with E-state index in [-0.39, 0.29) is 11.1 Å². The summed E-state index contributed by atoms with van der Waals surface area (Å²) in [6.45, 7) is 29.3. The zero-order chi connectivity index (χ0) is 36.5. The number of nitrogens with zero attached hydrogens (tertiary/aromatic N) is 6. The van der Waals surface area contributed by atoms with Gasteiger partial charge in [0.05, 0.1) is 0 Å². The Labute approximate surface area is 322 Å². The monoisotopic (exact) mass is 974 g/mol. The Hall–Kier alpha value is -0.807. The molecule has 1 fully saturated rings. The second-order valence-corrected chi connectivity index (χ2v) is 43.1. The molecule has 0 aromatic heterocycles. The van der Waals surface area contributed by atoms with Crippen LogP contribution in [0.1, 0.15) is 41.5 Å². The molecule has 268 valence electrons. The summed E-state index contributed by atoms with van der Waals surface area (Å²) in [5.41, 5.74) is -0.0771. The molecule has 0 unspecified atom stereocenters. The van der Waals surface area contributed by atoms with Crippen molar-refractivity contribution in [3.8, 4) is 0 Å². The molecule has 50 heavy (non-hydrogen) atoms. The molecule has 0 bridgehead atoms. The second-order valence-electron chi connectivity index (χ2n) is 16.4. The Morgan fingerprint density at radius 1 is 0.440 bits per heavy atom. The van der Waals surface area contributed by atoms with E-state index in [9.17, 15) is 0 Å². The van der Waals surface area contributed by atoms with Crippen molar-refractivity contribution in [3.05, 3.63) is 121 Å². The van der Waals surface area contributed by atoms with Crippen LogP contribution in [0.2, 0.25) is 39.3 Å². The van der Waals surface area contributed by atoms with Gasteiger partial charge in [0, 0.05) is 0 Å². The predicted molar refractivity (Wildman–Crippen MR) is 228 cm³/mol. The molecule has 1 saturated heterocycles. The standard InChI is InChI=1S/C38H56N6P2Si2Te2/c1-37(2,3)41-49(39-43(47(7,8)9)45(33-25-17-13-18-26-33)34-27-19-14-20-28-34)42(38(4,5)6)50(41)40-44(48(10,11)12)46(35-29-21-15-22-30-35)36-31-23-16-24-32-36/h13-32H,1-12H3. The first-order chi connectivity index (χ1) is 23.4. The number of hydrogen-bond donors (Lipinski definition) is 0. The summed E-state index contributed by atoms with van der Waals surface area (Å²) in [7, 11) is -5.57. The first kappa shape index (κ1) is 40.4. The van der Waals surface area contributed by atoms with Gasteiger partial charge in [0.1, 0.15) is 0 Å². The van der Waals surface area contributed by atoms with Gasteiger partial charge in [0.15, 0.2) is 0 Å². The number of rotatable bonds is 10. The maximum absolute atomic E-state index is 6.11. The molecule has 1 aliphatic heterocycles. The zero-order valence-electron chi connectivity index (χ0n) is 31.9. The first-order valence-corrected chi connectivity index (χ1v) is 33.1. The quantitative estimate of drug-likeness (QED) is 0.0905. The Balaban J connectivity index is 1.74. The van der Waals surface area contributed by atoms with Gasteiger partial charge in [-0.15, -0.1) is 0 Å². The van der Waals surface area contributed by atoms with Crippen LogP contribution in [0, 0.1) is 0 Å². The van der Waals surface area contributed by atoms with E-state index in [1.54, 1.807) is 0 Å². The van der Waals surface area contributed by atoms with Crippen LogP contribution < -0.4 is 21.2 Å². The Morgan fingerprint density at radius 3 is 0.840 bits per heavy atom. The van der Waals surface area contributed by atoms with Gasteiger partial charge < -0.3 is 0 Å². The van der Waals surface area contributed by atoms with Crippen LogP contribution in [0.25, 0.3) is 0 Å². The van der Waals surface area contributed by atoms with E-state index >= 15 is 0 Å². The summed E-state index contributed by atoms with van der Waals surface area (Å²) in [6.07, 6.45) is 0. The van der Waals surface area contributed by atoms with E-state index < -0.39 is 72.5 Å². The molecule has 1 heterocycles. The van der Waals surface area contributed by atoms with E-state index in [0.717, 1.165) is 0 Å². The molecular weight excluding hydrogens is 914 g/mol. The van der Waals surface area contributed by atoms with E-state index in [1.165, 1.54) is 21.2 Å². The van der Waals surface area contributed by atoms with Gasteiger partial charge in [-0.25, -0.2) is 0 Å². The Kier molecular flexibility index (Phi) is 13.1. The number of hydrogen-bond acceptors (Lipinski definition) is 4. The van der Waals surface area contributed by atoms with Crippen molar-refractivity contribution < 1.29 is 0 Å². The molecule has 4 aromatic rings. The summed E-state index contributed by atoms with van der Waals surface area (Å²) >= 11 is -4.96. The van der Waals surface area contributed by atoms with Gasteiger partial charge in [-0.2, -0.15) is 0 Å². The normalized spacial score (nSPS) is 16.0. The third-order valence-electron chi connectivity index (χ3n) is 7.57. The van der Waals surface area contributed by atoms with Crippen LogP contribution in [0.3, 0.4) is 0 Å². The average molecular weight is 970 g/mol. The molecule has 5 rings (SSSR count). The van der Waals surface area contributed by atoms with Gasteiger partial charge >= 0.3 is 325 Å². The molecule has 12 heteroatoms. The minimum absolute atomic E-state index is 0.0386. The van der Waals surface area contributed by atoms with Crippen molar-refractivity contribution in [1.29, 1.82) is 0 Å². The van der Waals surface area contributed by atoms with E-state index in [2.05, 4.69) is 214 Å². The van der Waals surface area contributed by atoms with Crippen LogP contribution in [0.4, 0.5) is 0 Å². The molecule has 0 aliphatic carbocycles. The van der Waals surface area contributed by atoms with Crippen molar-refractivity contribution in [2.24, 2.45) is 6.58 Å². The van der Waals surface area contributed by atoms with Crippen LogP contribution in [0.15, 0.2) is 128 Å². The van der Waals surface area contributed by atoms with Crippen molar-refractivity contribution in [2.75, 3.05) is 0 Å². The van der Waals surface area contributed by atoms with Gasteiger partial charge in [-0.3, -0.25) is 0 Å². The molecule has 0 amide bonds. The third kappa shape index (κ3) is 9.46. The fraction of sp³-hybridized carbons (Fsp3) is 0.368. The Morgan fingerprint density at radius 2 is 0.660 bits per heavy atom. The van der Waals surface area contributed by atoms with Crippen LogP contribution in [-0.4, -0.2) is 79.1 Å². The zero-order valence-corrected chi connectivity index (χ0v) is 40.4. The van der Waals surface area contributed by atoms with Crippen molar-refractivity contribution in [2.45, 2.75) is 91.9 Å². The SMILES string of the molecule is CC(C)(C)N1[Te](=NN(P(c2ccccc2)c2ccccc2)[Si](C)(C)C)N(C(C)(C)C)[Te]1=NN(P(c1ccccc1)c1ccccc1)[Si](C)(C)C. The van der Waals surface area contributed by atoms with Crippen molar-refractivity contribution in [3.63, 3.8) is 0 Å². The minimum atomic E-state index is -2.48. The predicted octanol–water partition coefficient (Wildman–Crippen LogP) is 8.91. The molecule has 0 atom stereocenters. The maximum atomic E-state index is 6.11. The van der Waals surface area contributed by atoms with Gasteiger partial charge in [-0.1, -0.05) is 0 Å². The molecule has 0 saturated carbocycles. The second kappa shape index (κ2) is 16.3. The molecule has 1 aliphatic rings. The first-order valence-electron chi connectivity index (χ1n) is 17.3. The Bertz CT molecular complexity index is 1550. The summed E-state index contributed by atoms with van der Waals surface area (Å²) in [6, 6.07) is 44.5. The van der Waals surface area contributed by atoms with E-state index in [1.807, 2.05) is 0 Å². The summed E-state index contributed by atoms with van der Waals surface area (Å²) in [4.78, 5) is 0. The molecule has 6 nitrogen and oxygen atoms in total. The third-order valence-corrected chi connectivity index (χ3v) is 42.3. The molecule has 0 N–H and O–H groups in total. The summed E-state index contributed by atoms with van der Waals surface area (Å²) < 4.78 is 23.3. The molecule has 0 radical (unpaired) electrons. The average Bonchev–Trinajstić information content (AvgIpc) is 3.02. The molecular formula is C38H56N6P2Si2Te2. The summed E-state index contributed by atoms with van der Waals surface area (Å²) in [5, 5.41) is 5.47.